The molecule has 0 radical (unpaired) electrons. The summed E-state index contributed by atoms with van der Waals surface area (Å²) in [7, 11) is 3.18. The number of carboxylic acid groups (broad SMARTS) is 1. The monoisotopic (exact) mass is 281 g/mol. The molecule has 0 fully saturated rings. The van der Waals surface area contributed by atoms with Gasteiger partial charge in [0.2, 0.25) is 0 Å². The summed E-state index contributed by atoms with van der Waals surface area (Å²) in [4.78, 5) is 11.2. The van der Waals surface area contributed by atoms with Crippen LogP contribution in [0.4, 0.5) is 0 Å². The molecule has 0 bridgehead atoms. The zero-order valence-electron chi connectivity index (χ0n) is 12.3. The van der Waals surface area contributed by atoms with E-state index >= 15 is 0 Å². The summed E-state index contributed by atoms with van der Waals surface area (Å²) < 4.78 is 10.4. The van der Waals surface area contributed by atoms with Crippen LogP contribution < -0.4 is 14.8 Å². The second kappa shape index (κ2) is 8.43. The highest BCUT2D eigenvalue weighted by molar-refractivity contribution is 5.73. The molecule has 0 aromatic heterocycles. The van der Waals surface area contributed by atoms with Gasteiger partial charge in [-0.25, -0.2) is 0 Å². The predicted molar refractivity (Wildman–Crippen MR) is 77.3 cm³/mol. The van der Waals surface area contributed by atoms with E-state index in [0.717, 1.165) is 18.4 Å². The molecule has 0 aliphatic heterocycles. The lowest BCUT2D eigenvalue weighted by molar-refractivity contribution is -0.139. The van der Waals surface area contributed by atoms with Crippen molar-refractivity contribution in [2.75, 3.05) is 14.2 Å². The van der Waals surface area contributed by atoms with Gasteiger partial charge in [-0.1, -0.05) is 25.8 Å². The Labute approximate surface area is 119 Å². The number of aliphatic carboxylic acids is 1. The molecule has 1 aromatic carbocycles. The van der Waals surface area contributed by atoms with Crippen LogP contribution >= 0.6 is 0 Å². The maximum Gasteiger partial charge on any atom is 0.320 e. The van der Waals surface area contributed by atoms with Gasteiger partial charge >= 0.3 is 5.97 Å². The van der Waals surface area contributed by atoms with Crippen molar-refractivity contribution in [3.05, 3.63) is 23.8 Å². The zero-order valence-corrected chi connectivity index (χ0v) is 12.3. The van der Waals surface area contributed by atoms with Gasteiger partial charge in [-0.15, -0.1) is 0 Å². The number of rotatable bonds is 9. The highest BCUT2D eigenvalue weighted by atomic mass is 16.5. The molecule has 112 valence electrons. The standard InChI is InChI=1S/C15H23NO4/c1-4-5-6-13(15(17)18)16-10-11-7-8-12(19-2)9-14(11)20-3/h7-9,13,16H,4-6,10H2,1-3H3,(H,17,18)/t13-/m0/s1. The molecule has 0 aliphatic carbocycles. The van der Waals surface area contributed by atoms with Crippen molar-refractivity contribution in [1.29, 1.82) is 0 Å². The Hall–Kier alpha value is -1.75. The fraction of sp³-hybridized carbons (Fsp3) is 0.533. The average molecular weight is 281 g/mol. The van der Waals surface area contributed by atoms with Crippen LogP contribution in [0.15, 0.2) is 18.2 Å². The molecule has 0 saturated heterocycles. The van der Waals surface area contributed by atoms with Crippen LogP contribution in [-0.2, 0) is 11.3 Å². The quantitative estimate of drug-likeness (QED) is 0.727. The molecule has 1 aromatic rings. The molecule has 1 rings (SSSR count). The van der Waals surface area contributed by atoms with Crippen LogP contribution in [0.5, 0.6) is 11.5 Å². The van der Waals surface area contributed by atoms with Crippen molar-refractivity contribution >= 4 is 5.97 Å². The summed E-state index contributed by atoms with van der Waals surface area (Å²) in [5.74, 6) is 0.591. The minimum Gasteiger partial charge on any atom is -0.497 e. The van der Waals surface area contributed by atoms with Gasteiger partial charge in [0.05, 0.1) is 14.2 Å². The van der Waals surface area contributed by atoms with E-state index < -0.39 is 12.0 Å². The summed E-state index contributed by atoms with van der Waals surface area (Å²) in [6, 6.07) is 4.98. The Bertz CT molecular complexity index is 434. The van der Waals surface area contributed by atoms with Gasteiger partial charge in [-0.2, -0.15) is 0 Å². The first kappa shape index (κ1) is 16.3. The second-order valence-electron chi connectivity index (χ2n) is 4.59. The summed E-state index contributed by atoms with van der Waals surface area (Å²) in [5.41, 5.74) is 0.913. The van der Waals surface area contributed by atoms with E-state index in [1.165, 1.54) is 0 Å². The lowest BCUT2D eigenvalue weighted by atomic mass is 10.1. The van der Waals surface area contributed by atoms with Gasteiger partial charge in [0.1, 0.15) is 17.5 Å². The molecule has 5 nitrogen and oxygen atoms in total. The highest BCUT2D eigenvalue weighted by Crippen LogP contribution is 2.24. The maximum atomic E-state index is 11.2. The van der Waals surface area contributed by atoms with Crippen LogP contribution in [0.3, 0.4) is 0 Å². The minimum absolute atomic E-state index is 0.452. The summed E-state index contributed by atoms with van der Waals surface area (Å²) in [5, 5.41) is 12.2. The Kier molecular flexibility index (Phi) is 6.87. The molecule has 0 unspecified atom stereocenters. The molecule has 0 heterocycles. The second-order valence-corrected chi connectivity index (χ2v) is 4.59. The van der Waals surface area contributed by atoms with Crippen LogP contribution in [0.1, 0.15) is 31.7 Å². The topological polar surface area (TPSA) is 67.8 Å². The molecule has 0 saturated carbocycles. The van der Waals surface area contributed by atoms with E-state index in [2.05, 4.69) is 5.32 Å². The molecule has 0 aliphatic rings. The van der Waals surface area contributed by atoms with E-state index in [1.807, 2.05) is 19.1 Å². The van der Waals surface area contributed by atoms with Crippen molar-refractivity contribution in [3.8, 4) is 11.5 Å². The third kappa shape index (κ3) is 4.74. The molecule has 0 spiro atoms. The first-order chi connectivity index (χ1) is 9.62. The fourth-order valence-corrected chi connectivity index (χ4v) is 1.95. The Morgan fingerprint density at radius 1 is 1.35 bits per heavy atom. The van der Waals surface area contributed by atoms with Gasteiger partial charge in [0.25, 0.3) is 0 Å². The zero-order chi connectivity index (χ0) is 15.0. The highest BCUT2D eigenvalue weighted by Gasteiger charge is 2.16. The van der Waals surface area contributed by atoms with E-state index in [4.69, 9.17) is 9.47 Å². The Balaban J connectivity index is 2.69. The number of carbonyl (C=O) groups is 1. The van der Waals surface area contributed by atoms with Crippen LogP contribution in [-0.4, -0.2) is 31.3 Å². The lowest BCUT2D eigenvalue weighted by Gasteiger charge is -2.16. The van der Waals surface area contributed by atoms with E-state index in [1.54, 1.807) is 20.3 Å². The van der Waals surface area contributed by atoms with Gasteiger partial charge in [0, 0.05) is 18.2 Å². The predicted octanol–water partition coefficient (Wildman–Crippen LogP) is 2.44. The first-order valence-electron chi connectivity index (χ1n) is 6.79. The maximum absolute atomic E-state index is 11.2. The van der Waals surface area contributed by atoms with Crippen LogP contribution in [0.2, 0.25) is 0 Å². The molecule has 2 N–H and O–H groups in total. The number of unbranched alkanes of at least 4 members (excludes halogenated alkanes) is 1. The molecule has 1 atom stereocenters. The van der Waals surface area contributed by atoms with E-state index in [-0.39, 0.29) is 0 Å². The largest absolute Gasteiger partial charge is 0.497 e. The molecule has 20 heavy (non-hydrogen) atoms. The van der Waals surface area contributed by atoms with Gasteiger partial charge < -0.3 is 19.9 Å². The minimum atomic E-state index is -0.814. The molecule has 5 heteroatoms. The number of ether oxygens (including phenoxy) is 2. The molecular weight excluding hydrogens is 258 g/mol. The molecular formula is C15H23NO4. The summed E-state index contributed by atoms with van der Waals surface area (Å²) >= 11 is 0. The summed E-state index contributed by atoms with van der Waals surface area (Å²) in [6.07, 6.45) is 2.51. The van der Waals surface area contributed by atoms with Crippen LogP contribution in [0, 0.1) is 0 Å². The van der Waals surface area contributed by atoms with Crippen molar-refractivity contribution < 1.29 is 19.4 Å². The lowest BCUT2D eigenvalue weighted by Crippen LogP contribution is -2.36. The Morgan fingerprint density at radius 3 is 2.65 bits per heavy atom. The number of carboxylic acids is 1. The van der Waals surface area contributed by atoms with Crippen molar-refractivity contribution in [2.24, 2.45) is 0 Å². The smallest absolute Gasteiger partial charge is 0.320 e. The van der Waals surface area contributed by atoms with E-state index in [9.17, 15) is 9.90 Å². The number of benzene rings is 1. The van der Waals surface area contributed by atoms with Gasteiger partial charge in [-0.3, -0.25) is 4.79 Å². The number of hydrogen-bond acceptors (Lipinski definition) is 4. The number of methoxy groups -OCH3 is 2. The third-order valence-corrected chi connectivity index (χ3v) is 3.18. The summed E-state index contributed by atoms with van der Waals surface area (Å²) in [6.45, 7) is 2.50. The van der Waals surface area contributed by atoms with Gasteiger partial charge in [-0.05, 0) is 12.5 Å². The SMILES string of the molecule is CCCC[C@H](NCc1ccc(OC)cc1OC)C(=O)O. The van der Waals surface area contributed by atoms with Crippen molar-refractivity contribution in [1.82, 2.24) is 5.32 Å². The van der Waals surface area contributed by atoms with E-state index in [0.29, 0.717) is 24.5 Å². The fourth-order valence-electron chi connectivity index (χ4n) is 1.95. The number of hydrogen-bond donors (Lipinski definition) is 2. The third-order valence-electron chi connectivity index (χ3n) is 3.18. The normalized spacial score (nSPS) is 11.9. The van der Waals surface area contributed by atoms with Crippen LogP contribution in [0.25, 0.3) is 0 Å². The Morgan fingerprint density at radius 2 is 2.10 bits per heavy atom. The molecule has 0 amide bonds. The average Bonchev–Trinajstić information content (AvgIpc) is 2.46. The first-order valence-corrected chi connectivity index (χ1v) is 6.79. The van der Waals surface area contributed by atoms with Crippen molar-refractivity contribution in [3.63, 3.8) is 0 Å². The number of nitrogens with one attached hydrogen (secondary N) is 1. The van der Waals surface area contributed by atoms with Gasteiger partial charge in [0.15, 0.2) is 0 Å². The van der Waals surface area contributed by atoms with Crippen molar-refractivity contribution in [2.45, 2.75) is 38.8 Å².